The van der Waals surface area contributed by atoms with E-state index in [-0.39, 0.29) is 0 Å². The van der Waals surface area contributed by atoms with Crippen molar-refractivity contribution in [3.8, 4) is 33.4 Å². The van der Waals surface area contributed by atoms with Gasteiger partial charge in [-0.3, -0.25) is 0 Å². The van der Waals surface area contributed by atoms with Crippen LogP contribution in [0.25, 0.3) is 65.7 Å². The predicted octanol–water partition coefficient (Wildman–Crippen LogP) is 10.5. The van der Waals surface area contributed by atoms with E-state index in [9.17, 15) is 0 Å². The van der Waals surface area contributed by atoms with Gasteiger partial charge in [-0.25, -0.2) is 0 Å². The number of hydrogen-bond donors (Lipinski definition) is 0. The van der Waals surface area contributed by atoms with E-state index in [0.717, 1.165) is 0 Å². The molecule has 0 aliphatic rings. The third-order valence-electron chi connectivity index (χ3n) is 7.51. The first-order valence-corrected chi connectivity index (χ1v) is 12.9. The van der Waals surface area contributed by atoms with Crippen LogP contribution in [0.3, 0.4) is 0 Å². The molecule has 37 heavy (non-hydrogen) atoms. The normalized spacial score (nSPS) is 11.4. The molecule has 0 N–H and O–H groups in total. The lowest BCUT2D eigenvalue weighted by molar-refractivity contribution is 1.47. The summed E-state index contributed by atoms with van der Waals surface area (Å²) in [6, 6.07) is 51.0. The van der Waals surface area contributed by atoms with Crippen LogP contribution < -0.4 is 0 Å². The molecule has 0 spiro atoms. The maximum absolute atomic E-state index is 2.35. The van der Waals surface area contributed by atoms with Gasteiger partial charge in [-0.2, -0.15) is 0 Å². The fraction of sp³-hybridized carbons (Fsp3) is 0.0270. The molecule has 0 saturated heterocycles. The summed E-state index contributed by atoms with van der Waals surface area (Å²) in [6.07, 6.45) is 0. The van der Waals surface area contributed by atoms with Crippen molar-refractivity contribution in [2.45, 2.75) is 6.92 Å². The molecule has 174 valence electrons. The molecule has 0 aromatic heterocycles. The Labute approximate surface area is 217 Å². The first-order valence-electron chi connectivity index (χ1n) is 12.9. The lowest BCUT2D eigenvalue weighted by Gasteiger charge is -2.18. The van der Waals surface area contributed by atoms with Crippen molar-refractivity contribution < 1.29 is 0 Å². The second-order valence-corrected chi connectivity index (χ2v) is 9.85. The largest absolute Gasteiger partial charge is 0.0622 e. The fourth-order valence-electron chi connectivity index (χ4n) is 5.68. The molecule has 0 heterocycles. The van der Waals surface area contributed by atoms with Gasteiger partial charge in [0.05, 0.1) is 0 Å². The molecule has 7 rings (SSSR count). The molecule has 7 aromatic rings. The van der Waals surface area contributed by atoms with Crippen LogP contribution in [-0.4, -0.2) is 0 Å². The molecule has 0 radical (unpaired) electrons. The van der Waals surface area contributed by atoms with Crippen LogP contribution in [0.2, 0.25) is 0 Å². The molecule has 0 aliphatic heterocycles. The van der Waals surface area contributed by atoms with Crippen molar-refractivity contribution in [3.05, 3.63) is 145 Å². The van der Waals surface area contributed by atoms with Gasteiger partial charge in [0.15, 0.2) is 0 Å². The van der Waals surface area contributed by atoms with Gasteiger partial charge in [0, 0.05) is 0 Å². The van der Waals surface area contributed by atoms with E-state index in [4.69, 9.17) is 0 Å². The maximum Gasteiger partial charge on any atom is -0.00262 e. The quantitative estimate of drug-likeness (QED) is 0.225. The Morgan fingerprint density at radius 1 is 0.324 bits per heavy atom. The highest BCUT2D eigenvalue weighted by Gasteiger charge is 2.16. The van der Waals surface area contributed by atoms with Crippen molar-refractivity contribution in [3.63, 3.8) is 0 Å². The van der Waals surface area contributed by atoms with Crippen LogP contribution in [0.15, 0.2) is 140 Å². The molecule has 0 saturated carbocycles. The lowest BCUT2D eigenvalue weighted by Crippen LogP contribution is -1.90. The molecule has 0 bridgehead atoms. The van der Waals surface area contributed by atoms with E-state index in [1.165, 1.54) is 71.3 Å². The summed E-state index contributed by atoms with van der Waals surface area (Å²) >= 11 is 0. The SMILES string of the molecule is Cc1ccc(-c2ccc3cc(-c4c5ccccc5c(-c5ccccc5)c5ccccc45)ccc3c2)cc1. The topological polar surface area (TPSA) is 0 Å². The summed E-state index contributed by atoms with van der Waals surface area (Å²) < 4.78 is 0. The molecular weight excluding hydrogens is 444 g/mol. The monoisotopic (exact) mass is 470 g/mol. The number of aryl methyl sites for hydroxylation is 1. The van der Waals surface area contributed by atoms with E-state index in [2.05, 4.69) is 146 Å². The molecule has 0 atom stereocenters. The Hall–Kier alpha value is -4.68. The summed E-state index contributed by atoms with van der Waals surface area (Å²) in [5.41, 5.74) is 8.90. The van der Waals surface area contributed by atoms with Gasteiger partial charge >= 0.3 is 0 Å². The Bertz CT molecular complexity index is 1850. The Kier molecular flexibility index (Phi) is 5.11. The van der Waals surface area contributed by atoms with Gasteiger partial charge in [-0.05, 0) is 84.8 Å². The van der Waals surface area contributed by atoms with Crippen LogP contribution in [0.5, 0.6) is 0 Å². The van der Waals surface area contributed by atoms with Gasteiger partial charge in [0.2, 0.25) is 0 Å². The zero-order chi connectivity index (χ0) is 24.8. The Morgan fingerprint density at radius 2 is 0.757 bits per heavy atom. The van der Waals surface area contributed by atoms with Gasteiger partial charge in [-0.15, -0.1) is 0 Å². The van der Waals surface area contributed by atoms with E-state index in [1.807, 2.05) is 0 Å². The zero-order valence-corrected chi connectivity index (χ0v) is 20.8. The first-order chi connectivity index (χ1) is 18.3. The van der Waals surface area contributed by atoms with Crippen molar-refractivity contribution >= 4 is 32.3 Å². The smallest absolute Gasteiger partial charge is 0.00262 e. The van der Waals surface area contributed by atoms with Crippen LogP contribution in [0.4, 0.5) is 0 Å². The van der Waals surface area contributed by atoms with Crippen LogP contribution in [0.1, 0.15) is 5.56 Å². The number of benzene rings is 7. The maximum atomic E-state index is 2.35. The average Bonchev–Trinajstić information content (AvgIpc) is 2.96. The molecular formula is C37H26. The third kappa shape index (κ3) is 3.70. The first kappa shape index (κ1) is 21.6. The van der Waals surface area contributed by atoms with Crippen LogP contribution in [-0.2, 0) is 0 Å². The number of rotatable bonds is 3. The minimum atomic E-state index is 1.25. The standard InChI is InChI=1S/C37H26/c1-25-15-17-26(18-16-25)28-19-20-30-24-31(22-21-29(30)23-28)37-34-13-7-5-11-32(34)36(27-9-3-2-4-10-27)33-12-6-8-14-35(33)37/h2-24H,1H3. The minimum absolute atomic E-state index is 1.25. The second-order valence-electron chi connectivity index (χ2n) is 9.85. The van der Waals surface area contributed by atoms with E-state index >= 15 is 0 Å². The molecule has 7 aromatic carbocycles. The van der Waals surface area contributed by atoms with E-state index in [0.29, 0.717) is 0 Å². The predicted molar refractivity (Wildman–Crippen MR) is 160 cm³/mol. The molecule has 0 unspecified atom stereocenters. The highest BCUT2D eigenvalue weighted by atomic mass is 14.2. The highest BCUT2D eigenvalue weighted by molar-refractivity contribution is 6.21. The second kappa shape index (κ2) is 8.76. The molecule has 0 nitrogen and oxygen atoms in total. The summed E-state index contributed by atoms with van der Waals surface area (Å²) in [5.74, 6) is 0. The van der Waals surface area contributed by atoms with Crippen molar-refractivity contribution in [2.24, 2.45) is 0 Å². The summed E-state index contributed by atoms with van der Waals surface area (Å²) in [7, 11) is 0. The van der Waals surface area contributed by atoms with Crippen LogP contribution >= 0.6 is 0 Å². The van der Waals surface area contributed by atoms with Crippen LogP contribution in [0, 0.1) is 6.92 Å². The van der Waals surface area contributed by atoms with Crippen molar-refractivity contribution in [1.29, 1.82) is 0 Å². The van der Waals surface area contributed by atoms with Crippen molar-refractivity contribution in [2.75, 3.05) is 0 Å². The molecule has 0 aliphatic carbocycles. The average molecular weight is 471 g/mol. The van der Waals surface area contributed by atoms with Gasteiger partial charge in [0.1, 0.15) is 0 Å². The van der Waals surface area contributed by atoms with Gasteiger partial charge in [-0.1, -0.05) is 133 Å². The zero-order valence-electron chi connectivity index (χ0n) is 20.8. The third-order valence-corrected chi connectivity index (χ3v) is 7.51. The molecule has 0 amide bonds. The summed E-state index contributed by atoms with van der Waals surface area (Å²) in [4.78, 5) is 0. The lowest BCUT2D eigenvalue weighted by atomic mass is 9.85. The van der Waals surface area contributed by atoms with E-state index < -0.39 is 0 Å². The molecule has 0 fully saturated rings. The number of hydrogen-bond acceptors (Lipinski definition) is 0. The highest BCUT2D eigenvalue weighted by Crippen LogP contribution is 2.44. The minimum Gasteiger partial charge on any atom is -0.0622 e. The molecule has 0 heteroatoms. The van der Waals surface area contributed by atoms with Gasteiger partial charge in [0.25, 0.3) is 0 Å². The Morgan fingerprint density at radius 3 is 1.32 bits per heavy atom. The summed E-state index contributed by atoms with van der Waals surface area (Å²) in [6.45, 7) is 2.13. The number of fused-ring (bicyclic) bond motifs is 3. The van der Waals surface area contributed by atoms with Crippen molar-refractivity contribution in [1.82, 2.24) is 0 Å². The van der Waals surface area contributed by atoms with Gasteiger partial charge < -0.3 is 0 Å². The Balaban J connectivity index is 1.47. The fourth-order valence-corrected chi connectivity index (χ4v) is 5.68. The summed E-state index contributed by atoms with van der Waals surface area (Å²) in [5, 5.41) is 7.67. The van der Waals surface area contributed by atoms with E-state index in [1.54, 1.807) is 0 Å².